The second-order valence-electron chi connectivity index (χ2n) is 6.21. The number of aryl methyl sites for hydroxylation is 1. The van der Waals surface area contributed by atoms with Crippen molar-refractivity contribution >= 4 is 42.4 Å². The van der Waals surface area contributed by atoms with E-state index in [2.05, 4.69) is 54.6 Å². The topological polar surface area (TPSA) is 43.4 Å². The third-order valence-corrected chi connectivity index (χ3v) is 5.10. The summed E-state index contributed by atoms with van der Waals surface area (Å²) in [6, 6.07) is 19.4. The lowest BCUT2D eigenvalue weighted by atomic mass is 9.91. The molecule has 4 heteroatoms. The molecule has 0 fully saturated rings. The average molecular weight is 338 g/mol. The minimum absolute atomic E-state index is 0.223. The van der Waals surface area contributed by atoms with Gasteiger partial charge in [0.25, 0.3) is 10.1 Å². The number of hydrogen-bond acceptors (Lipinski definition) is 3. The summed E-state index contributed by atoms with van der Waals surface area (Å²) in [4.78, 5) is 0. The molecule has 0 N–H and O–H groups in total. The minimum Gasteiger partial charge on any atom is -0.270 e. The van der Waals surface area contributed by atoms with E-state index >= 15 is 0 Å². The maximum atomic E-state index is 11.1. The van der Waals surface area contributed by atoms with Crippen LogP contribution in [0.2, 0.25) is 0 Å². The van der Waals surface area contributed by atoms with Gasteiger partial charge in [-0.15, -0.1) is 0 Å². The average Bonchev–Trinajstić information content (AvgIpc) is 2.56. The van der Waals surface area contributed by atoms with Crippen LogP contribution >= 0.6 is 0 Å². The SMILES string of the molecule is CS(=O)(=O)OCCCc1ccc2ccc3cccc4ccc1c2c34. The van der Waals surface area contributed by atoms with Gasteiger partial charge in [0.05, 0.1) is 12.9 Å². The molecule has 0 saturated carbocycles. The smallest absolute Gasteiger partial charge is 0.264 e. The van der Waals surface area contributed by atoms with E-state index in [1.807, 2.05) is 0 Å². The fraction of sp³-hybridized carbons (Fsp3) is 0.200. The second kappa shape index (κ2) is 5.72. The predicted octanol–water partition coefficient (Wildman–Crippen LogP) is 4.49. The third-order valence-electron chi connectivity index (χ3n) is 4.51. The summed E-state index contributed by atoms with van der Waals surface area (Å²) in [5.74, 6) is 0. The molecular weight excluding hydrogens is 320 g/mol. The van der Waals surface area contributed by atoms with Crippen molar-refractivity contribution in [3.8, 4) is 0 Å². The Kier molecular flexibility index (Phi) is 3.66. The molecule has 4 aromatic carbocycles. The Balaban J connectivity index is 1.77. The van der Waals surface area contributed by atoms with Gasteiger partial charge in [-0.05, 0) is 50.7 Å². The fourth-order valence-electron chi connectivity index (χ4n) is 3.49. The highest BCUT2D eigenvalue weighted by Crippen LogP contribution is 2.36. The van der Waals surface area contributed by atoms with Crippen LogP contribution in [0.25, 0.3) is 32.3 Å². The molecule has 0 bridgehead atoms. The van der Waals surface area contributed by atoms with Crippen LogP contribution in [0.1, 0.15) is 12.0 Å². The van der Waals surface area contributed by atoms with Crippen LogP contribution in [0.3, 0.4) is 0 Å². The van der Waals surface area contributed by atoms with Crippen molar-refractivity contribution in [1.82, 2.24) is 0 Å². The van der Waals surface area contributed by atoms with E-state index < -0.39 is 10.1 Å². The zero-order chi connectivity index (χ0) is 16.7. The molecule has 0 radical (unpaired) electrons. The van der Waals surface area contributed by atoms with Crippen LogP contribution in [-0.2, 0) is 20.7 Å². The molecule has 0 aromatic heterocycles. The zero-order valence-electron chi connectivity index (χ0n) is 13.5. The minimum atomic E-state index is -3.36. The molecule has 4 rings (SSSR count). The lowest BCUT2D eigenvalue weighted by molar-refractivity contribution is 0.316. The lowest BCUT2D eigenvalue weighted by Gasteiger charge is -2.13. The molecule has 0 saturated heterocycles. The van der Waals surface area contributed by atoms with E-state index in [0.717, 1.165) is 12.7 Å². The molecule has 0 aliphatic heterocycles. The molecule has 24 heavy (non-hydrogen) atoms. The molecule has 122 valence electrons. The second-order valence-corrected chi connectivity index (χ2v) is 7.85. The van der Waals surface area contributed by atoms with E-state index in [1.54, 1.807) is 0 Å². The standard InChI is InChI=1S/C20H18O3S/c1-24(21,22)23-13-3-6-14-7-8-17-10-9-15-4-2-5-16-11-12-18(14)20(17)19(15)16/h2,4-5,7-12H,3,6,13H2,1H3. The van der Waals surface area contributed by atoms with Gasteiger partial charge < -0.3 is 0 Å². The highest BCUT2D eigenvalue weighted by molar-refractivity contribution is 7.85. The molecule has 3 nitrogen and oxygen atoms in total. The van der Waals surface area contributed by atoms with E-state index in [-0.39, 0.29) is 6.61 Å². The van der Waals surface area contributed by atoms with Gasteiger partial charge in [0.2, 0.25) is 0 Å². The number of benzene rings is 4. The summed E-state index contributed by atoms with van der Waals surface area (Å²) in [5, 5.41) is 7.60. The van der Waals surface area contributed by atoms with Crippen molar-refractivity contribution in [2.24, 2.45) is 0 Å². The first kappa shape index (κ1) is 15.4. The molecule has 0 heterocycles. The highest BCUT2D eigenvalue weighted by atomic mass is 32.2. The Labute approximate surface area is 141 Å². The first-order valence-electron chi connectivity index (χ1n) is 8.03. The van der Waals surface area contributed by atoms with Gasteiger partial charge in [-0.3, -0.25) is 4.18 Å². The van der Waals surface area contributed by atoms with Gasteiger partial charge in [0, 0.05) is 0 Å². The van der Waals surface area contributed by atoms with Gasteiger partial charge in [0.1, 0.15) is 0 Å². The molecule has 4 aromatic rings. The van der Waals surface area contributed by atoms with Crippen LogP contribution < -0.4 is 0 Å². The van der Waals surface area contributed by atoms with Crippen molar-refractivity contribution in [2.45, 2.75) is 12.8 Å². The fourth-order valence-corrected chi connectivity index (χ4v) is 3.91. The molecule has 0 amide bonds. The monoisotopic (exact) mass is 338 g/mol. The summed E-state index contributed by atoms with van der Waals surface area (Å²) < 4.78 is 27.0. The Morgan fingerprint density at radius 2 is 1.46 bits per heavy atom. The molecule has 0 aliphatic carbocycles. The molecule has 0 atom stereocenters. The number of rotatable bonds is 5. The Hall–Kier alpha value is -2.17. The third kappa shape index (κ3) is 2.72. The zero-order valence-corrected chi connectivity index (χ0v) is 14.3. The first-order valence-corrected chi connectivity index (χ1v) is 9.84. The predicted molar refractivity (Wildman–Crippen MR) is 99.3 cm³/mol. The quantitative estimate of drug-likeness (QED) is 0.306. The van der Waals surface area contributed by atoms with Crippen molar-refractivity contribution in [3.05, 3.63) is 60.2 Å². The summed E-state index contributed by atoms with van der Waals surface area (Å²) in [7, 11) is -3.36. The van der Waals surface area contributed by atoms with Gasteiger partial charge in [0.15, 0.2) is 0 Å². The lowest BCUT2D eigenvalue weighted by Crippen LogP contribution is -2.05. The van der Waals surface area contributed by atoms with Crippen LogP contribution in [0, 0.1) is 0 Å². The van der Waals surface area contributed by atoms with Gasteiger partial charge in [-0.25, -0.2) is 0 Å². The van der Waals surface area contributed by atoms with E-state index in [4.69, 9.17) is 4.18 Å². The maximum Gasteiger partial charge on any atom is 0.264 e. The van der Waals surface area contributed by atoms with E-state index in [0.29, 0.717) is 6.42 Å². The Morgan fingerprint density at radius 3 is 2.17 bits per heavy atom. The van der Waals surface area contributed by atoms with Crippen molar-refractivity contribution in [3.63, 3.8) is 0 Å². The van der Waals surface area contributed by atoms with Crippen molar-refractivity contribution in [2.75, 3.05) is 12.9 Å². The van der Waals surface area contributed by atoms with Gasteiger partial charge >= 0.3 is 0 Å². The highest BCUT2D eigenvalue weighted by Gasteiger charge is 2.10. The Bertz CT molecular complexity index is 1110. The van der Waals surface area contributed by atoms with Gasteiger partial charge in [-0.1, -0.05) is 54.6 Å². The summed E-state index contributed by atoms with van der Waals surface area (Å²) in [6.07, 6.45) is 2.56. The molecule has 0 spiro atoms. The molecular formula is C20H18O3S. The summed E-state index contributed by atoms with van der Waals surface area (Å²) in [5.41, 5.74) is 1.23. The largest absolute Gasteiger partial charge is 0.270 e. The number of hydrogen-bond donors (Lipinski definition) is 0. The summed E-state index contributed by atoms with van der Waals surface area (Å²) >= 11 is 0. The van der Waals surface area contributed by atoms with Crippen LogP contribution in [-0.4, -0.2) is 21.3 Å². The molecule has 0 aliphatic rings. The molecule has 0 unspecified atom stereocenters. The van der Waals surface area contributed by atoms with Crippen molar-refractivity contribution in [1.29, 1.82) is 0 Å². The van der Waals surface area contributed by atoms with E-state index in [9.17, 15) is 8.42 Å². The van der Waals surface area contributed by atoms with Gasteiger partial charge in [-0.2, -0.15) is 8.42 Å². The van der Waals surface area contributed by atoms with E-state index in [1.165, 1.54) is 37.9 Å². The normalized spacial score (nSPS) is 12.5. The Morgan fingerprint density at radius 1 is 0.833 bits per heavy atom. The summed E-state index contributed by atoms with van der Waals surface area (Å²) in [6.45, 7) is 0.223. The van der Waals surface area contributed by atoms with Crippen LogP contribution in [0.15, 0.2) is 54.6 Å². The van der Waals surface area contributed by atoms with Crippen LogP contribution in [0.5, 0.6) is 0 Å². The first-order chi connectivity index (χ1) is 11.5. The van der Waals surface area contributed by atoms with Crippen LogP contribution in [0.4, 0.5) is 0 Å². The maximum absolute atomic E-state index is 11.1. The van der Waals surface area contributed by atoms with Crippen molar-refractivity contribution < 1.29 is 12.6 Å².